The third kappa shape index (κ3) is 3.74. The number of rotatable bonds is 6. The summed E-state index contributed by atoms with van der Waals surface area (Å²) in [6.07, 6.45) is 2.55. The Balaban J connectivity index is 1.80. The predicted molar refractivity (Wildman–Crippen MR) is 89.1 cm³/mol. The molecule has 0 unspecified atom stereocenters. The summed E-state index contributed by atoms with van der Waals surface area (Å²) in [5.74, 6) is 1.49. The molecule has 3 rings (SSSR count). The van der Waals surface area contributed by atoms with Crippen molar-refractivity contribution in [1.29, 1.82) is 0 Å². The Morgan fingerprint density at radius 3 is 2.77 bits per heavy atom. The predicted octanol–water partition coefficient (Wildman–Crippen LogP) is 3.17. The first kappa shape index (κ1) is 14.8. The van der Waals surface area contributed by atoms with Gasteiger partial charge in [0.25, 0.3) is 0 Å². The first-order chi connectivity index (χ1) is 10.8. The number of benzene rings is 1. The molecule has 1 fully saturated rings. The summed E-state index contributed by atoms with van der Waals surface area (Å²) in [7, 11) is 0. The minimum atomic E-state index is 0.290. The van der Waals surface area contributed by atoms with E-state index >= 15 is 0 Å². The highest BCUT2D eigenvalue weighted by Crippen LogP contribution is 2.22. The van der Waals surface area contributed by atoms with Gasteiger partial charge >= 0.3 is 0 Å². The minimum absolute atomic E-state index is 0.290. The quantitative estimate of drug-likeness (QED) is 0.858. The standard InChI is InChI=1S/C17H22N4O/c1-2-18-17-20-15(13-7-4-3-5-8-13)11-16(21-17)19-12-14-9-6-10-22-14/h3-5,7-8,11,14H,2,6,9-10,12H2,1H3,(H2,18,19,20,21)/t14-/m1/s1. The Morgan fingerprint density at radius 2 is 2.05 bits per heavy atom. The van der Waals surface area contributed by atoms with Gasteiger partial charge in [0.15, 0.2) is 0 Å². The van der Waals surface area contributed by atoms with Gasteiger partial charge in [0.2, 0.25) is 5.95 Å². The lowest BCUT2D eigenvalue weighted by molar-refractivity contribution is 0.120. The summed E-state index contributed by atoms with van der Waals surface area (Å²) in [6.45, 7) is 4.49. The van der Waals surface area contributed by atoms with Gasteiger partial charge in [-0.15, -0.1) is 0 Å². The van der Waals surface area contributed by atoms with E-state index in [-0.39, 0.29) is 6.10 Å². The molecule has 0 amide bonds. The van der Waals surface area contributed by atoms with Crippen molar-refractivity contribution < 1.29 is 4.74 Å². The highest BCUT2D eigenvalue weighted by atomic mass is 16.5. The number of hydrogen-bond donors (Lipinski definition) is 2. The van der Waals surface area contributed by atoms with Crippen molar-refractivity contribution in [2.24, 2.45) is 0 Å². The van der Waals surface area contributed by atoms with Crippen molar-refractivity contribution in [1.82, 2.24) is 9.97 Å². The Bertz CT molecular complexity index is 597. The maximum atomic E-state index is 5.65. The van der Waals surface area contributed by atoms with Crippen molar-refractivity contribution in [3.05, 3.63) is 36.4 Å². The molecule has 1 aliphatic rings. The molecule has 2 aromatic rings. The molecule has 1 saturated heterocycles. The molecule has 5 heteroatoms. The van der Waals surface area contributed by atoms with Crippen molar-refractivity contribution in [3.63, 3.8) is 0 Å². The Labute approximate surface area is 131 Å². The fourth-order valence-electron chi connectivity index (χ4n) is 2.56. The van der Waals surface area contributed by atoms with Crippen molar-refractivity contribution in [3.8, 4) is 11.3 Å². The summed E-state index contributed by atoms with van der Waals surface area (Å²) in [4.78, 5) is 9.10. The number of nitrogens with zero attached hydrogens (tertiary/aromatic N) is 2. The summed E-state index contributed by atoms with van der Waals surface area (Å²) in [5, 5.41) is 6.57. The maximum Gasteiger partial charge on any atom is 0.225 e. The zero-order valence-electron chi connectivity index (χ0n) is 12.9. The Kier molecular flexibility index (Phi) is 4.85. The van der Waals surface area contributed by atoms with E-state index in [4.69, 9.17) is 4.74 Å². The van der Waals surface area contributed by atoms with E-state index in [0.717, 1.165) is 49.6 Å². The number of hydrogen-bond acceptors (Lipinski definition) is 5. The lowest BCUT2D eigenvalue weighted by atomic mass is 10.1. The molecule has 1 aromatic heterocycles. The van der Waals surface area contributed by atoms with Gasteiger partial charge in [0.05, 0.1) is 11.8 Å². The van der Waals surface area contributed by atoms with Crippen LogP contribution in [0.2, 0.25) is 0 Å². The highest BCUT2D eigenvalue weighted by Gasteiger charge is 2.15. The van der Waals surface area contributed by atoms with E-state index in [1.165, 1.54) is 0 Å². The highest BCUT2D eigenvalue weighted by molar-refractivity contribution is 5.64. The molecule has 1 aliphatic heterocycles. The summed E-state index contributed by atoms with van der Waals surface area (Å²) in [6, 6.07) is 12.1. The van der Waals surface area contributed by atoms with Crippen LogP contribution in [-0.2, 0) is 4.74 Å². The molecule has 1 aromatic carbocycles. The van der Waals surface area contributed by atoms with Gasteiger partial charge in [-0.1, -0.05) is 30.3 Å². The number of nitrogens with one attached hydrogen (secondary N) is 2. The zero-order valence-corrected chi connectivity index (χ0v) is 12.9. The van der Waals surface area contributed by atoms with Crippen LogP contribution in [0.5, 0.6) is 0 Å². The van der Waals surface area contributed by atoms with E-state index in [0.29, 0.717) is 5.95 Å². The van der Waals surface area contributed by atoms with Crippen LogP contribution in [0.25, 0.3) is 11.3 Å². The first-order valence-electron chi connectivity index (χ1n) is 7.89. The molecule has 0 spiro atoms. The smallest absolute Gasteiger partial charge is 0.225 e. The molecule has 22 heavy (non-hydrogen) atoms. The molecule has 116 valence electrons. The first-order valence-corrected chi connectivity index (χ1v) is 7.89. The molecule has 0 aliphatic carbocycles. The van der Waals surface area contributed by atoms with E-state index in [1.54, 1.807) is 0 Å². The van der Waals surface area contributed by atoms with Gasteiger partial charge in [-0.3, -0.25) is 0 Å². The summed E-state index contributed by atoms with van der Waals surface area (Å²) < 4.78 is 5.65. The van der Waals surface area contributed by atoms with Crippen LogP contribution in [-0.4, -0.2) is 35.8 Å². The van der Waals surface area contributed by atoms with Crippen LogP contribution in [0.15, 0.2) is 36.4 Å². The van der Waals surface area contributed by atoms with Crippen LogP contribution in [0.1, 0.15) is 19.8 Å². The van der Waals surface area contributed by atoms with Crippen LogP contribution in [0.3, 0.4) is 0 Å². The van der Waals surface area contributed by atoms with Gasteiger partial charge in [0.1, 0.15) is 5.82 Å². The number of anilines is 2. The molecular weight excluding hydrogens is 276 g/mol. The fraction of sp³-hybridized carbons (Fsp3) is 0.412. The third-order valence-electron chi connectivity index (χ3n) is 3.67. The molecule has 1 atom stereocenters. The second-order valence-electron chi connectivity index (χ2n) is 5.37. The van der Waals surface area contributed by atoms with Gasteiger partial charge in [-0.25, -0.2) is 4.98 Å². The van der Waals surface area contributed by atoms with Crippen LogP contribution in [0, 0.1) is 0 Å². The second kappa shape index (κ2) is 7.22. The second-order valence-corrected chi connectivity index (χ2v) is 5.37. The molecule has 0 radical (unpaired) electrons. The number of aromatic nitrogens is 2. The van der Waals surface area contributed by atoms with Crippen LogP contribution < -0.4 is 10.6 Å². The van der Waals surface area contributed by atoms with Crippen molar-refractivity contribution >= 4 is 11.8 Å². The van der Waals surface area contributed by atoms with Crippen molar-refractivity contribution in [2.45, 2.75) is 25.9 Å². The van der Waals surface area contributed by atoms with Gasteiger partial charge < -0.3 is 15.4 Å². The normalized spacial score (nSPS) is 17.4. The monoisotopic (exact) mass is 298 g/mol. The van der Waals surface area contributed by atoms with Crippen molar-refractivity contribution in [2.75, 3.05) is 30.3 Å². The summed E-state index contributed by atoms with van der Waals surface area (Å²) >= 11 is 0. The average molecular weight is 298 g/mol. The Morgan fingerprint density at radius 1 is 1.18 bits per heavy atom. The SMILES string of the molecule is CCNc1nc(NC[C@H]2CCCO2)cc(-c2ccccc2)n1. The van der Waals surface area contributed by atoms with E-state index in [1.807, 2.05) is 31.2 Å². The topological polar surface area (TPSA) is 59.1 Å². The molecular formula is C17H22N4O. The molecule has 0 bridgehead atoms. The van der Waals surface area contributed by atoms with Gasteiger partial charge in [0, 0.05) is 31.3 Å². The number of ether oxygens (including phenoxy) is 1. The average Bonchev–Trinajstić information content (AvgIpc) is 3.07. The van der Waals surface area contributed by atoms with Crippen LogP contribution >= 0.6 is 0 Å². The van der Waals surface area contributed by atoms with E-state index in [9.17, 15) is 0 Å². The largest absolute Gasteiger partial charge is 0.376 e. The molecule has 2 heterocycles. The third-order valence-corrected chi connectivity index (χ3v) is 3.67. The van der Waals surface area contributed by atoms with E-state index in [2.05, 4.69) is 32.7 Å². The fourth-order valence-corrected chi connectivity index (χ4v) is 2.56. The van der Waals surface area contributed by atoms with Crippen LogP contribution in [0.4, 0.5) is 11.8 Å². The van der Waals surface area contributed by atoms with Gasteiger partial charge in [-0.2, -0.15) is 4.98 Å². The van der Waals surface area contributed by atoms with E-state index < -0.39 is 0 Å². The maximum absolute atomic E-state index is 5.65. The molecule has 2 N–H and O–H groups in total. The molecule has 0 saturated carbocycles. The minimum Gasteiger partial charge on any atom is -0.376 e. The lowest BCUT2D eigenvalue weighted by Gasteiger charge is -2.13. The summed E-state index contributed by atoms with van der Waals surface area (Å²) in [5.41, 5.74) is 2.01. The zero-order chi connectivity index (χ0) is 15.2. The van der Waals surface area contributed by atoms with Gasteiger partial charge in [-0.05, 0) is 19.8 Å². The molecule has 5 nitrogen and oxygen atoms in total. The Hall–Kier alpha value is -2.14. The lowest BCUT2D eigenvalue weighted by Crippen LogP contribution is -2.19.